The molecule has 3 atom stereocenters. The van der Waals surface area contributed by atoms with Crippen LogP contribution < -0.4 is 9.64 Å². The van der Waals surface area contributed by atoms with E-state index in [1.165, 1.54) is 22.5 Å². The fourth-order valence-corrected chi connectivity index (χ4v) is 10.2. The number of hydrogen-bond acceptors (Lipinski definition) is 8. The lowest BCUT2D eigenvalue weighted by Gasteiger charge is -2.48. The summed E-state index contributed by atoms with van der Waals surface area (Å²) in [5.41, 5.74) is 8.23. The molecule has 5 aliphatic rings. The van der Waals surface area contributed by atoms with Crippen molar-refractivity contribution < 1.29 is 41.5 Å². The molecule has 0 radical (unpaired) electrons. The average molecular weight is 747 g/mol. The molecule has 0 spiro atoms. The minimum absolute atomic E-state index is 0.0716. The Labute approximate surface area is 312 Å². The fourth-order valence-electron chi connectivity index (χ4n) is 9.39. The summed E-state index contributed by atoms with van der Waals surface area (Å²) in [5.74, 6) is -1.40. The Morgan fingerprint density at radius 1 is 1.06 bits per heavy atom. The van der Waals surface area contributed by atoms with Crippen molar-refractivity contribution in [3.8, 4) is 5.75 Å². The quantitative estimate of drug-likeness (QED) is 0.106. The molecule has 0 bridgehead atoms. The summed E-state index contributed by atoms with van der Waals surface area (Å²) in [6.07, 6.45) is 8.88. The molecular formula is C41H52N3O8S+. The van der Waals surface area contributed by atoms with E-state index in [1.807, 2.05) is 0 Å². The highest BCUT2D eigenvalue weighted by Crippen LogP contribution is 2.52. The minimum Gasteiger partial charge on any atom is -0.485 e. The molecule has 284 valence electrons. The Hall–Kier alpha value is -4.03. The van der Waals surface area contributed by atoms with Gasteiger partial charge in [-0.05, 0) is 77.2 Å². The number of anilines is 1. The van der Waals surface area contributed by atoms with Crippen LogP contribution in [0.4, 0.5) is 11.4 Å². The zero-order valence-electron chi connectivity index (χ0n) is 31.6. The number of rotatable bonds is 12. The van der Waals surface area contributed by atoms with Crippen molar-refractivity contribution in [3.63, 3.8) is 0 Å². The van der Waals surface area contributed by atoms with Gasteiger partial charge in [-0.1, -0.05) is 37.8 Å². The number of hydroxylamine groups is 2. The van der Waals surface area contributed by atoms with Crippen LogP contribution in [0.3, 0.4) is 0 Å². The Morgan fingerprint density at radius 2 is 1.81 bits per heavy atom. The maximum absolute atomic E-state index is 12.4. The summed E-state index contributed by atoms with van der Waals surface area (Å²) < 4.78 is 43.9. The van der Waals surface area contributed by atoms with Gasteiger partial charge in [-0.2, -0.15) is 13.0 Å². The van der Waals surface area contributed by atoms with Gasteiger partial charge in [0, 0.05) is 72.6 Å². The number of aryl methyl sites for hydroxylation is 1. The largest absolute Gasteiger partial charge is 0.485 e. The van der Waals surface area contributed by atoms with Crippen molar-refractivity contribution in [2.45, 2.75) is 128 Å². The molecular weight excluding hydrogens is 695 g/mol. The van der Waals surface area contributed by atoms with Crippen molar-refractivity contribution in [1.82, 2.24) is 5.06 Å². The Kier molecular flexibility index (Phi) is 9.84. The van der Waals surface area contributed by atoms with Gasteiger partial charge in [-0.15, -0.1) is 5.06 Å². The third-order valence-electron chi connectivity index (χ3n) is 11.9. The van der Waals surface area contributed by atoms with Gasteiger partial charge in [0.15, 0.2) is 12.3 Å². The van der Waals surface area contributed by atoms with E-state index < -0.39 is 27.9 Å². The maximum Gasteiger partial charge on any atom is 0.333 e. The summed E-state index contributed by atoms with van der Waals surface area (Å²) in [7, 11) is -4.21. The van der Waals surface area contributed by atoms with Gasteiger partial charge in [0.2, 0.25) is 5.69 Å². The lowest BCUT2D eigenvalue weighted by molar-refractivity contribution is -0.444. The second-order valence-electron chi connectivity index (χ2n) is 16.4. The molecule has 11 nitrogen and oxygen atoms in total. The van der Waals surface area contributed by atoms with Crippen LogP contribution >= 0.6 is 0 Å². The fraction of sp³-hybridized carbons (Fsp3) is 0.561. The molecule has 1 N–H and O–H groups in total. The second-order valence-corrected chi connectivity index (χ2v) is 17.9. The first-order chi connectivity index (χ1) is 25.1. The zero-order valence-corrected chi connectivity index (χ0v) is 32.4. The van der Waals surface area contributed by atoms with E-state index in [0.29, 0.717) is 17.9 Å². The molecule has 5 aliphatic heterocycles. The van der Waals surface area contributed by atoms with Crippen LogP contribution in [0.25, 0.3) is 6.08 Å². The van der Waals surface area contributed by atoms with Crippen molar-refractivity contribution in [3.05, 3.63) is 58.2 Å². The molecule has 1 fully saturated rings. The van der Waals surface area contributed by atoms with Gasteiger partial charge in [-0.25, -0.2) is 4.79 Å². The molecule has 2 aromatic carbocycles. The first-order valence-corrected chi connectivity index (χ1v) is 20.8. The molecule has 12 heteroatoms. The summed E-state index contributed by atoms with van der Waals surface area (Å²) in [5, 5.41) is 0.609. The lowest BCUT2D eigenvalue weighted by atomic mass is 9.71. The topological polar surface area (TPSA) is 134 Å². The number of imide groups is 1. The predicted octanol–water partition coefficient (Wildman–Crippen LogP) is 6.92. The third-order valence-corrected chi connectivity index (χ3v) is 12.7. The standard InChI is InChI=1S/C41H51N3O8S/c1-6-7-18-43-33-23-35-27(21-29(33)28(24-40(43,3)4)25-53(48,49)50)22-30-34(51-35)16-19-42-32-13-12-26(2)20-31(32)41(5,39(30)42)17-10-8-9-11-38(47)52-44-36(45)14-15-37(44)46/h12-13,20-23,28,34H,6-11,14-19,24-25H2,1-5H3/p+1. The number of carbonyl (C=O) groups excluding carboxylic acids is 3. The second kappa shape index (κ2) is 14.0. The van der Waals surface area contributed by atoms with E-state index in [1.54, 1.807) is 0 Å². The van der Waals surface area contributed by atoms with Crippen LogP contribution in [0, 0.1) is 6.92 Å². The number of hydrogen-bond donors (Lipinski definition) is 1. The van der Waals surface area contributed by atoms with Crippen molar-refractivity contribution in [2.24, 2.45) is 0 Å². The number of benzene rings is 2. The monoisotopic (exact) mass is 746 g/mol. The van der Waals surface area contributed by atoms with Gasteiger partial charge in [0.1, 0.15) is 11.9 Å². The smallest absolute Gasteiger partial charge is 0.333 e. The Bertz CT molecular complexity index is 2020. The summed E-state index contributed by atoms with van der Waals surface area (Å²) in [6.45, 7) is 12.6. The van der Waals surface area contributed by atoms with E-state index in [0.717, 1.165) is 79.8 Å². The molecule has 7 rings (SSSR count). The highest BCUT2D eigenvalue weighted by molar-refractivity contribution is 7.85. The van der Waals surface area contributed by atoms with Crippen molar-refractivity contribution in [2.75, 3.05) is 23.7 Å². The third kappa shape index (κ3) is 7.04. The van der Waals surface area contributed by atoms with Gasteiger partial charge in [-0.3, -0.25) is 14.1 Å². The Morgan fingerprint density at radius 3 is 2.53 bits per heavy atom. The molecule has 1 saturated heterocycles. The van der Waals surface area contributed by atoms with Crippen molar-refractivity contribution in [1.29, 1.82) is 0 Å². The van der Waals surface area contributed by atoms with E-state index in [-0.39, 0.29) is 48.0 Å². The first-order valence-electron chi connectivity index (χ1n) is 19.2. The molecule has 53 heavy (non-hydrogen) atoms. The number of ether oxygens (including phenoxy) is 1. The summed E-state index contributed by atoms with van der Waals surface area (Å²) >= 11 is 0. The van der Waals surface area contributed by atoms with Crippen LogP contribution in [0.15, 0.2) is 35.9 Å². The molecule has 5 heterocycles. The Balaban J connectivity index is 1.19. The number of fused-ring (bicyclic) bond motifs is 6. The van der Waals surface area contributed by atoms with E-state index in [4.69, 9.17) is 9.57 Å². The molecule has 0 aromatic heterocycles. The predicted molar refractivity (Wildman–Crippen MR) is 202 cm³/mol. The minimum atomic E-state index is -4.21. The van der Waals surface area contributed by atoms with E-state index in [9.17, 15) is 27.4 Å². The van der Waals surface area contributed by atoms with Gasteiger partial charge in [0.05, 0.1) is 16.7 Å². The number of nitrogens with zero attached hydrogens (tertiary/aromatic N) is 3. The summed E-state index contributed by atoms with van der Waals surface area (Å²) in [6, 6.07) is 10.9. The SMILES string of the molecule is CCCCN1c2cc3c(cc2C(CS(=O)(=O)O)CC1(C)C)C=C1C2=[N+](CCC1O3)c1ccc(C)cc1C2(C)CCCCCC(=O)ON1C(=O)CCC1=O. The van der Waals surface area contributed by atoms with Gasteiger partial charge in [0.25, 0.3) is 21.9 Å². The molecule has 3 unspecified atom stereocenters. The van der Waals surface area contributed by atoms with Crippen LogP contribution in [0.1, 0.15) is 126 Å². The molecule has 2 amide bonds. The van der Waals surface area contributed by atoms with E-state index in [2.05, 4.69) is 80.5 Å². The first kappa shape index (κ1) is 37.3. The molecule has 2 aromatic rings. The van der Waals surface area contributed by atoms with Gasteiger partial charge >= 0.3 is 5.97 Å². The van der Waals surface area contributed by atoms with Crippen molar-refractivity contribution >= 4 is 51.1 Å². The number of unbranched alkanes of at least 4 members (excludes halogenated alkanes) is 3. The van der Waals surface area contributed by atoms with Gasteiger partial charge < -0.3 is 14.5 Å². The van der Waals surface area contributed by atoms with Crippen LogP contribution in [0.2, 0.25) is 0 Å². The van der Waals surface area contributed by atoms with E-state index >= 15 is 0 Å². The van der Waals surface area contributed by atoms with Crippen LogP contribution in [0.5, 0.6) is 5.75 Å². The highest BCUT2D eigenvalue weighted by Gasteiger charge is 2.54. The summed E-state index contributed by atoms with van der Waals surface area (Å²) in [4.78, 5) is 43.6. The normalized spacial score (nSPS) is 24.2. The zero-order chi connectivity index (χ0) is 37.9. The molecule has 0 saturated carbocycles. The average Bonchev–Trinajstić information content (AvgIpc) is 3.53. The lowest BCUT2D eigenvalue weighted by Crippen LogP contribution is -2.50. The highest BCUT2D eigenvalue weighted by atomic mass is 32.2. The number of amides is 2. The number of carbonyl (C=O) groups is 3. The van der Waals surface area contributed by atoms with Crippen LogP contribution in [-0.2, 0) is 34.8 Å². The maximum atomic E-state index is 12.4. The molecule has 0 aliphatic carbocycles. The van der Waals surface area contributed by atoms with Crippen LogP contribution in [-0.4, -0.2) is 76.6 Å².